The van der Waals surface area contributed by atoms with E-state index in [0.29, 0.717) is 11.1 Å². The molecule has 0 aliphatic carbocycles. The van der Waals surface area contributed by atoms with Crippen molar-refractivity contribution < 1.29 is 33.4 Å². The monoisotopic (exact) mass is 415 g/mol. The van der Waals surface area contributed by atoms with Gasteiger partial charge < -0.3 is 20.1 Å². The van der Waals surface area contributed by atoms with Crippen molar-refractivity contribution in [3.8, 4) is 0 Å². The second-order valence-electron chi connectivity index (χ2n) is 6.56. The summed E-state index contributed by atoms with van der Waals surface area (Å²) < 4.78 is 10.1. The summed E-state index contributed by atoms with van der Waals surface area (Å²) in [4.78, 5) is 61.2. The number of carbonyl (C=O) groups is 5. The number of amides is 4. The van der Waals surface area contributed by atoms with Crippen molar-refractivity contribution in [2.45, 2.75) is 19.8 Å². The van der Waals surface area contributed by atoms with Crippen molar-refractivity contribution in [3.05, 3.63) is 46.7 Å². The van der Waals surface area contributed by atoms with E-state index in [0.717, 1.165) is 4.90 Å². The standard InChI is InChI=1S/C20H21N3O7/c1-2-29-19(27)14-10-21-20(28)22-15(14)11-30-16(24)8-5-9-23-17(25)12-6-3-4-7-13(12)18(23)26/h3-4,6-7H,2,5,8-11H2,1H3,(H2,21,22,28). The summed E-state index contributed by atoms with van der Waals surface area (Å²) in [5.74, 6) is -1.96. The molecule has 2 N–H and O–H groups in total. The highest BCUT2D eigenvalue weighted by molar-refractivity contribution is 6.21. The zero-order chi connectivity index (χ0) is 21.7. The van der Waals surface area contributed by atoms with Crippen LogP contribution in [-0.2, 0) is 19.1 Å². The molecule has 4 amide bonds. The van der Waals surface area contributed by atoms with E-state index in [4.69, 9.17) is 9.47 Å². The molecule has 2 aliphatic rings. The minimum absolute atomic E-state index is 0.0305. The Bertz CT molecular complexity index is 903. The maximum atomic E-state index is 12.3. The number of ether oxygens (including phenoxy) is 2. The van der Waals surface area contributed by atoms with E-state index in [9.17, 15) is 24.0 Å². The summed E-state index contributed by atoms with van der Waals surface area (Å²) in [5, 5.41) is 4.89. The van der Waals surface area contributed by atoms with Gasteiger partial charge in [-0.2, -0.15) is 0 Å². The molecule has 10 nitrogen and oxygen atoms in total. The molecule has 2 heterocycles. The van der Waals surface area contributed by atoms with E-state index in [-0.39, 0.29) is 62.2 Å². The minimum Gasteiger partial charge on any atom is -0.463 e. The van der Waals surface area contributed by atoms with Crippen LogP contribution in [0.15, 0.2) is 35.5 Å². The summed E-state index contributed by atoms with van der Waals surface area (Å²) in [6.45, 7) is 1.58. The average Bonchev–Trinajstić information content (AvgIpc) is 2.97. The van der Waals surface area contributed by atoms with Gasteiger partial charge in [0.1, 0.15) is 6.61 Å². The Hall–Kier alpha value is -3.69. The third kappa shape index (κ3) is 4.48. The molecule has 10 heteroatoms. The molecule has 1 aromatic rings. The van der Waals surface area contributed by atoms with Gasteiger partial charge in [-0.1, -0.05) is 12.1 Å². The molecule has 30 heavy (non-hydrogen) atoms. The molecule has 0 fully saturated rings. The van der Waals surface area contributed by atoms with Crippen LogP contribution in [0, 0.1) is 0 Å². The summed E-state index contributed by atoms with van der Waals surface area (Å²) in [5.41, 5.74) is 1.04. The van der Waals surface area contributed by atoms with Crippen LogP contribution in [0.25, 0.3) is 0 Å². The Labute approximate surface area is 172 Å². The molecule has 0 bridgehead atoms. The van der Waals surface area contributed by atoms with Crippen molar-refractivity contribution in [1.82, 2.24) is 15.5 Å². The highest BCUT2D eigenvalue weighted by Gasteiger charge is 2.34. The fourth-order valence-corrected chi connectivity index (χ4v) is 3.12. The lowest BCUT2D eigenvalue weighted by Crippen LogP contribution is -2.45. The first-order chi connectivity index (χ1) is 14.4. The average molecular weight is 415 g/mol. The Morgan fingerprint density at radius 2 is 1.73 bits per heavy atom. The smallest absolute Gasteiger partial charge is 0.337 e. The number of rotatable bonds is 8. The first-order valence-electron chi connectivity index (χ1n) is 9.47. The minimum atomic E-state index is -0.610. The maximum Gasteiger partial charge on any atom is 0.337 e. The molecule has 0 spiro atoms. The summed E-state index contributed by atoms with van der Waals surface area (Å²) in [6, 6.07) is 6.03. The highest BCUT2D eigenvalue weighted by atomic mass is 16.5. The summed E-state index contributed by atoms with van der Waals surface area (Å²) in [6.07, 6.45) is 0.184. The molecule has 0 unspecified atom stereocenters. The zero-order valence-corrected chi connectivity index (χ0v) is 16.4. The van der Waals surface area contributed by atoms with Crippen molar-refractivity contribution in [2.75, 3.05) is 26.3 Å². The Balaban J connectivity index is 1.50. The molecule has 1 aromatic carbocycles. The Morgan fingerprint density at radius 1 is 1.07 bits per heavy atom. The lowest BCUT2D eigenvalue weighted by atomic mass is 10.1. The van der Waals surface area contributed by atoms with Gasteiger partial charge in [-0.3, -0.25) is 19.3 Å². The number of hydrogen-bond acceptors (Lipinski definition) is 7. The van der Waals surface area contributed by atoms with E-state index < -0.39 is 18.0 Å². The normalized spacial score (nSPS) is 15.5. The number of hydrogen-bond donors (Lipinski definition) is 2. The van der Waals surface area contributed by atoms with Crippen LogP contribution in [0.4, 0.5) is 4.79 Å². The SMILES string of the molecule is CCOC(=O)C1=C(COC(=O)CCCN2C(=O)c3ccccc3C2=O)NC(=O)NC1. The van der Waals surface area contributed by atoms with Gasteiger partial charge in [0, 0.05) is 13.0 Å². The van der Waals surface area contributed by atoms with Crippen molar-refractivity contribution in [1.29, 1.82) is 0 Å². The second-order valence-corrected chi connectivity index (χ2v) is 6.56. The van der Waals surface area contributed by atoms with E-state index in [1.54, 1.807) is 31.2 Å². The predicted molar refractivity (Wildman–Crippen MR) is 102 cm³/mol. The maximum absolute atomic E-state index is 12.3. The number of benzene rings is 1. The van der Waals surface area contributed by atoms with Crippen molar-refractivity contribution in [3.63, 3.8) is 0 Å². The van der Waals surface area contributed by atoms with Crippen LogP contribution in [-0.4, -0.2) is 61.0 Å². The molecular weight excluding hydrogens is 394 g/mol. The predicted octanol–water partition coefficient (Wildman–Crippen LogP) is 0.736. The topological polar surface area (TPSA) is 131 Å². The molecule has 0 aromatic heterocycles. The van der Waals surface area contributed by atoms with Crippen LogP contribution in [0.2, 0.25) is 0 Å². The quantitative estimate of drug-likeness (QED) is 0.473. The molecule has 158 valence electrons. The number of imide groups is 1. The summed E-state index contributed by atoms with van der Waals surface area (Å²) in [7, 11) is 0. The van der Waals surface area contributed by atoms with Crippen LogP contribution in [0.1, 0.15) is 40.5 Å². The molecule has 0 atom stereocenters. The van der Waals surface area contributed by atoms with E-state index in [1.807, 2.05) is 0 Å². The molecule has 0 saturated carbocycles. The van der Waals surface area contributed by atoms with Gasteiger partial charge in [0.25, 0.3) is 11.8 Å². The van der Waals surface area contributed by atoms with Crippen LogP contribution < -0.4 is 10.6 Å². The Morgan fingerprint density at radius 3 is 2.37 bits per heavy atom. The fourth-order valence-electron chi connectivity index (χ4n) is 3.12. The Kier molecular flexibility index (Phi) is 6.45. The fraction of sp³-hybridized carbons (Fsp3) is 0.350. The van der Waals surface area contributed by atoms with Gasteiger partial charge in [-0.05, 0) is 25.5 Å². The van der Waals surface area contributed by atoms with Gasteiger partial charge in [0.2, 0.25) is 0 Å². The molecular formula is C20H21N3O7. The lowest BCUT2D eigenvalue weighted by molar-refractivity contribution is -0.143. The third-order valence-corrected chi connectivity index (χ3v) is 4.59. The summed E-state index contributed by atoms with van der Waals surface area (Å²) >= 11 is 0. The van der Waals surface area contributed by atoms with Crippen LogP contribution >= 0.6 is 0 Å². The van der Waals surface area contributed by atoms with Gasteiger partial charge in [0.05, 0.1) is 35.5 Å². The van der Waals surface area contributed by atoms with E-state index >= 15 is 0 Å². The van der Waals surface area contributed by atoms with Gasteiger partial charge in [-0.25, -0.2) is 9.59 Å². The zero-order valence-electron chi connectivity index (χ0n) is 16.4. The van der Waals surface area contributed by atoms with E-state index in [2.05, 4.69) is 10.6 Å². The second kappa shape index (κ2) is 9.21. The lowest BCUT2D eigenvalue weighted by Gasteiger charge is -2.21. The number of fused-ring (bicyclic) bond motifs is 1. The van der Waals surface area contributed by atoms with Crippen molar-refractivity contribution >= 4 is 29.8 Å². The number of esters is 2. The van der Waals surface area contributed by atoms with Crippen LogP contribution in [0.3, 0.4) is 0 Å². The third-order valence-electron chi connectivity index (χ3n) is 4.59. The number of nitrogens with zero attached hydrogens (tertiary/aromatic N) is 1. The highest BCUT2D eigenvalue weighted by Crippen LogP contribution is 2.22. The number of carbonyl (C=O) groups excluding carboxylic acids is 5. The van der Waals surface area contributed by atoms with Gasteiger partial charge in [-0.15, -0.1) is 0 Å². The number of nitrogens with one attached hydrogen (secondary N) is 2. The van der Waals surface area contributed by atoms with Gasteiger partial charge in [0.15, 0.2) is 0 Å². The van der Waals surface area contributed by atoms with Gasteiger partial charge >= 0.3 is 18.0 Å². The molecule has 0 radical (unpaired) electrons. The van der Waals surface area contributed by atoms with E-state index in [1.165, 1.54) is 0 Å². The number of urea groups is 1. The first kappa shape index (κ1) is 21.0. The van der Waals surface area contributed by atoms with Crippen LogP contribution in [0.5, 0.6) is 0 Å². The molecule has 0 saturated heterocycles. The molecule has 3 rings (SSSR count). The largest absolute Gasteiger partial charge is 0.463 e. The molecule has 2 aliphatic heterocycles. The van der Waals surface area contributed by atoms with Crippen molar-refractivity contribution in [2.24, 2.45) is 0 Å². The first-order valence-corrected chi connectivity index (χ1v) is 9.47.